The summed E-state index contributed by atoms with van der Waals surface area (Å²) in [7, 11) is 0. The molecule has 0 aliphatic carbocycles. The topological polar surface area (TPSA) is 130 Å². The smallest absolute Gasteiger partial charge is 0.270 e. The monoisotopic (exact) mass is 428 g/mol. The Morgan fingerprint density at radius 1 is 1.35 bits per heavy atom. The van der Waals surface area contributed by atoms with Gasteiger partial charge in [-0.1, -0.05) is 6.07 Å². The zero-order valence-corrected chi connectivity index (χ0v) is 16.8. The Morgan fingerprint density at radius 2 is 2.16 bits per heavy atom. The number of anilines is 1. The molecule has 10 nitrogen and oxygen atoms in total. The summed E-state index contributed by atoms with van der Waals surface area (Å²) in [5, 5.41) is 21.8. The minimum Gasteiger partial charge on any atom is -0.487 e. The van der Waals surface area contributed by atoms with Gasteiger partial charge in [-0.15, -0.1) is 0 Å². The number of halogens is 1. The van der Waals surface area contributed by atoms with Crippen molar-refractivity contribution in [2.24, 2.45) is 0 Å². The van der Waals surface area contributed by atoms with Crippen LogP contribution in [0.15, 0.2) is 30.5 Å². The van der Waals surface area contributed by atoms with E-state index in [2.05, 4.69) is 26.0 Å². The lowest BCUT2D eigenvalue weighted by Crippen LogP contribution is -2.33. The van der Waals surface area contributed by atoms with E-state index in [0.29, 0.717) is 11.4 Å². The number of nitrogens with zero attached hydrogens (tertiary/aromatic N) is 3. The Bertz CT molecular complexity index is 1160. The Kier molecular flexibility index (Phi) is 5.42. The van der Waals surface area contributed by atoms with Crippen LogP contribution in [0.5, 0.6) is 5.75 Å². The van der Waals surface area contributed by atoms with E-state index < -0.39 is 23.9 Å². The van der Waals surface area contributed by atoms with Crippen LogP contribution < -0.4 is 20.7 Å². The maximum absolute atomic E-state index is 14.1. The third-order valence-corrected chi connectivity index (χ3v) is 4.53. The van der Waals surface area contributed by atoms with Crippen molar-refractivity contribution in [2.45, 2.75) is 32.7 Å². The number of rotatable bonds is 5. The molecule has 1 atom stereocenters. The second-order valence-corrected chi connectivity index (χ2v) is 7.37. The van der Waals surface area contributed by atoms with Gasteiger partial charge in [0.05, 0.1) is 11.9 Å². The van der Waals surface area contributed by atoms with Crippen LogP contribution >= 0.6 is 0 Å². The molecule has 31 heavy (non-hydrogen) atoms. The number of hydrogen-bond donors (Lipinski definition) is 4. The summed E-state index contributed by atoms with van der Waals surface area (Å²) in [6.07, 6.45) is 0.126. The van der Waals surface area contributed by atoms with Crippen LogP contribution in [0.2, 0.25) is 0 Å². The van der Waals surface area contributed by atoms with Gasteiger partial charge in [0, 0.05) is 18.7 Å². The first-order valence-electron chi connectivity index (χ1n) is 9.65. The van der Waals surface area contributed by atoms with Gasteiger partial charge in [-0.05, 0) is 31.5 Å². The highest BCUT2D eigenvalue weighted by atomic mass is 19.1. The van der Waals surface area contributed by atoms with E-state index in [0.717, 1.165) is 16.3 Å². The highest BCUT2D eigenvalue weighted by molar-refractivity contribution is 5.98. The number of carbonyl (C=O) groups is 2. The molecule has 1 unspecified atom stereocenters. The van der Waals surface area contributed by atoms with Crippen molar-refractivity contribution in [3.8, 4) is 5.75 Å². The summed E-state index contributed by atoms with van der Waals surface area (Å²) >= 11 is 0. The van der Waals surface area contributed by atoms with E-state index in [1.165, 1.54) is 6.07 Å². The van der Waals surface area contributed by atoms with Gasteiger partial charge >= 0.3 is 0 Å². The summed E-state index contributed by atoms with van der Waals surface area (Å²) in [5.41, 5.74) is 1.02. The second-order valence-electron chi connectivity index (χ2n) is 7.37. The predicted octanol–water partition coefficient (Wildman–Crippen LogP) is 1.06. The molecule has 4 N–H and O–H groups in total. The van der Waals surface area contributed by atoms with Crippen LogP contribution in [0.25, 0.3) is 5.65 Å². The molecule has 0 bridgehead atoms. The number of amides is 2. The van der Waals surface area contributed by atoms with Crippen LogP contribution in [-0.4, -0.2) is 50.4 Å². The average Bonchev–Trinajstić information content (AvgIpc) is 3.11. The van der Waals surface area contributed by atoms with Crippen LogP contribution in [0, 0.1) is 5.82 Å². The summed E-state index contributed by atoms with van der Waals surface area (Å²) in [6, 6.07) is 6.36. The number of nitrogens with one attached hydrogen (secondary N) is 3. The number of hydrogen-bond acceptors (Lipinski definition) is 7. The molecule has 4 rings (SSSR count). The van der Waals surface area contributed by atoms with Gasteiger partial charge in [0.25, 0.3) is 11.8 Å². The first-order valence-corrected chi connectivity index (χ1v) is 9.65. The third kappa shape index (κ3) is 4.26. The number of aromatic nitrogens is 3. The van der Waals surface area contributed by atoms with E-state index in [1.807, 2.05) is 0 Å². The summed E-state index contributed by atoms with van der Waals surface area (Å²) < 4.78 is 20.6. The fourth-order valence-corrected chi connectivity index (χ4v) is 3.14. The zero-order chi connectivity index (χ0) is 22.1. The van der Waals surface area contributed by atoms with Crippen molar-refractivity contribution >= 4 is 23.1 Å². The van der Waals surface area contributed by atoms with Gasteiger partial charge in [-0.2, -0.15) is 5.10 Å². The minimum atomic E-state index is -0.811. The highest BCUT2D eigenvalue weighted by Crippen LogP contribution is 2.29. The molecule has 3 aromatic rings. The quantitative estimate of drug-likeness (QED) is 0.478. The number of benzene rings is 1. The normalized spacial score (nSPS) is 15.2. The average molecular weight is 428 g/mol. The van der Waals surface area contributed by atoms with Gasteiger partial charge in [0.1, 0.15) is 23.7 Å². The van der Waals surface area contributed by atoms with E-state index in [4.69, 9.17) is 4.74 Å². The summed E-state index contributed by atoms with van der Waals surface area (Å²) in [6.45, 7) is 3.86. The first kappa shape index (κ1) is 20.5. The van der Waals surface area contributed by atoms with Gasteiger partial charge in [0.2, 0.25) is 0 Å². The Hall–Kier alpha value is -3.73. The summed E-state index contributed by atoms with van der Waals surface area (Å²) in [4.78, 5) is 29.2. The van der Waals surface area contributed by atoms with E-state index in [1.54, 1.807) is 32.0 Å². The maximum Gasteiger partial charge on any atom is 0.270 e. The lowest BCUT2D eigenvalue weighted by Gasteiger charge is -2.24. The molecule has 162 valence electrons. The predicted molar refractivity (Wildman–Crippen MR) is 108 cm³/mol. The Balaban J connectivity index is 1.56. The molecule has 1 aliphatic heterocycles. The fourth-order valence-electron chi connectivity index (χ4n) is 3.14. The fraction of sp³-hybridized carbons (Fsp3) is 0.300. The van der Waals surface area contributed by atoms with E-state index >= 15 is 0 Å². The number of aliphatic hydroxyl groups excluding tert-OH is 1. The van der Waals surface area contributed by atoms with Gasteiger partial charge in [-0.25, -0.2) is 13.9 Å². The zero-order valence-electron chi connectivity index (χ0n) is 16.8. The molecule has 0 fully saturated rings. The molecule has 0 spiro atoms. The third-order valence-electron chi connectivity index (χ3n) is 4.53. The lowest BCUT2D eigenvalue weighted by atomic mass is 10.1. The molecule has 0 saturated carbocycles. The second kappa shape index (κ2) is 8.19. The number of aliphatic hydroxyl groups is 1. The molecule has 0 radical (unpaired) electrons. The molecule has 0 saturated heterocycles. The molecule has 1 aromatic carbocycles. The molecule has 1 aliphatic rings. The van der Waals surface area contributed by atoms with E-state index in [-0.39, 0.29) is 36.2 Å². The van der Waals surface area contributed by atoms with E-state index in [9.17, 15) is 19.1 Å². The lowest BCUT2D eigenvalue weighted by molar-refractivity contribution is 0.0935. The Morgan fingerprint density at radius 3 is 2.94 bits per heavy atom. The largest absolute Gasteiger partial charge is 0.487 e. The number of fused-ring (bicyclic) bond motifs is 2. The molecular formula is C20H21FN6O4. The van der Waals surface area contributed by atoms with Crippen molar-refractivity contribution in [2.75, 3.05) is 11.9 Å². The Labute approximate surface area is 176 Å². The van der Waals surface area contributed by atoms with Crippen LogP contribution in [0.3, 0.4) is 0 Å². The van der Waals surface area contributed by atoms with Gasteiger partial charge < -0.3 is 25.8 Å². The van der Waals surface area contributed by atoms with Gasteiger partial charge in [-0.3, -0.25) is 9.59 Å². The SMILES string of the molecule is CC(C)NC(=O)c1cc(C(=O)NCc2ccc3c(c2)NC(O)CO3)nc2c(F)cnn12. The van der Waals surface area contributed by atoms with Crippen molar-refractivity contribution in [3.63, 3.8) is 0 Å². The first-order chi connectivity index (χ1) is 14.8. The number of carbonyl (C=O) groups excluding carboxylic acids is 2. The van der Waals surface area contributed by atoms with Crippen molar-refractivity contribution in [3.05, 3.63) is 53.2 Å². The van der Waals surface area contributed by atoms with Crippen LogP contribution in [-0.2, 0) is 6.54 Å². The maximum atomic E-state index is 14.1. The highest BCUT2D eigenvalue weighted by Gasteiger charge is 2.21. The van der Waals surface area contributed by atoms with Crippen LogP contribution in [0.4, 0.5) is 10.1 Å². The molecule has 11 heteroatoms. The van der Waals surface area contributed by atoms with Gasteiger partial charge in [0.15, 0.2) is 17.7 Å². The number of ether oxygens (including phenoxy) is 1. The standard InChI is InChI=1S/C20H21FN6O4/c1-10(2)24-20(30)15-6-14(26-18-12(21)8-23-27(15)18)19(29)22-7-11-3-4-16-13(5-11)25-17(28)9-31-16/h3-6,8,10,17,25,28H,7,9H2,1-2H3,(H,22,29)(H,24,30). The molecular weight excluding hydrogens is 407 g/mol. The minimum absolute atomic E-state index is 0.00290. The van der Waals surface area contributed by atoms with Crippen molar-refractivity contribution in [1.29, 1.82) is 0 Å². The van der Waals surface area contributed by atoms with Crippen molar-refractivity contribution < 1.29 is 23.8 Å². The summed E-state index contributed by atoms with van der Waals surface area (Å²) in [5.74, 6) is -1.22. The molecule has 2 amide bonds. The molecule has 2 aromatic heterocycles. The van der Waals surface area contributed by atoms with Crippen LogP contribution in [0.1, 0.15) is 40.4 Å². The molecule has 3 heterocycles. The van der Waals surface area contributed by atoms with Crippen molar-refractivity contribution in [1.82, 2.24) is 25.2 Å².